The number of aromatic nitrogens is 2. The molecule has 7 nitrogen and oxygen atoms in total. The quantitative estimate of drug-likeness (QED) is 0.721. The van der Waals surface area contributed by atoms with Crippen LogP contribution in [0.2, 0.25) is 5.02 Å². The van der Waals surface area contributed by atoms with Crippen molar-refractivity contribution in [1.82, 2.24) is 9.55 Å². The van der Waals surface area contributed by atoms with Crippen LogP contribution in [0.1, 0.15) is 12.0 Å². The third-order valence-electron chi connectivity index (χ3n) is 4.27. The summed E-state index contributed by atoms with van der Waals surface area (Å²) in [4.78, 5) is 25.4. The van der Waals surface area contributed by atoms with Crippen molar-refractivity contribution >= 4 is 11.6 Å². The van der Waals surface area contributed by atoms with Crippen molar-refractivity contribution in [3.8, 4) is 0 Å². The van der Waals surface area contributed by atoms with E-state index >= 15 is 0 Å². The highest BCUT2D eigenvalue weighted by Gasteiger charge is 2.48. The van der Waals surface area contributed by atoms with E-state index in [1.165, 1.54) is 0 Å². The van der Waals surface area contributed by atoms with Gasteiger partial charge in [-0.25, -0.2) is 4.79 Å². The largest absolute Gasteiger partial charge is 0.394 e. The van der Waals surface area contributed by atoms with Crippen molar-refractivity contribution in [3.63, 3.8) is 0 Å². The molecule has 9 heteroatoms. The standard InChI is InChI=1S/C16H16ClFN2O5/c17-10-4-2-1-3-9(10)5-16(6-12(22)13(8-21)25-16)20-7-11(18)14(23)19-15(20)24/h1-4,7,12-13,21-22H,5-6,8H2,(H,19,23,24)/t12-,13+,16+/m0/s1. The van der Waals surface area contributed by atoms with E-state index in [-0.39, 0.29) is 12.8 Å². The molecule has 0 aliphatic carbocycles. The topological polar surface area (TPSA) is 105 Å². The van der Waals surface area contributed by atoms with Gasteiger partial charge in [0.2, 0.25) is 5.82 Å². The number of hydrogen-bond donors (Lipinski definition) is 3. The van der Waals surface area contributed by atoms with Crippen molar-refractivity contribution in [1.29, 1.82) is 0 Å². The Labute approximate surface area is 146 Å². The molecule has 2 heterocycles. The first-order valence-corrected chi connectivity index (χ1v) is 7.96. The van der Waals surface area contributed by atoms with Gasteiger partial charge >= 0.3 is 5.69 Å². The first kappa shape index (κ1) is 17.8. The van der Waals surface area contributed by atoms with Gasteiger partial charge in [-0.3, -0.25) is 14.3 Å². The number of H-pyrrole nitrogens is 1. The molecule has 134 valence electrons. The maximum atomic E-state index is 13.8. The van der Waals surface area contributed by atoms with Gasteiger partial charge in [0.15, 0.2) is 5.72 Å². The molecule has 3 rings (SSSR count). The fourth-order valence-corrected chi connectivity index (χ4v) is 3.27. The van der Waals surface area contributed by atoms with Crippen molar-refractivity contribution in [2.45, 2.75) is 30.8 Å². The Morgan fingerprint density at radius 3 is 2.76 bits per heavy atom. The Morgan fingerprint density at radius 1 is 1.40 bits per heavy atom. The number of benzene rings is 1. The first-order chi connectivity index (χ1) is 11.9. The van der Waals surface area contributed by atoms with Crippen LogP contribution in [0.5, 0.6) is 0 Å². The van der Waals surface area contributed by atoms with E-state index in [1.54, 1.807) is 24.3 Å². The molecule has 2 aromatic rings. The van der Waals surface area contributed by atoms with Crippen LogP contribution in [0.15, 0.2) is 40.1 Å². The maximum Gasteiger partial charge on any atom is 0.330 e. The predicted octanol–water partition coefficient (Wildman–Crippen LogP) is 0.367. The number of nitrogens with zero attached hydrogens (tertiary/aromatic N) is 1. The second-order valence-electron chi connectivity index (χ2n) is 5.93. The van der Waals surface area contributed by atoms with Crippen molar-refractivity contribution in [3.05, 3.63) is 67.7 Å². The minimum absolute atomic E-state index is 0.0334. The van der Waals surface area contributed by atoms with E-state index < -0.39 is 41.6 Å². The van der Waals surface area contributed by atoms with Crippen molar-refractivity contribution < 1.29 is 19.3 Å². The molecule has 0 radical (unpaired) electrons. The fourth-order valence-electron chi connectivity index (χ4n) is 3.07. The number of ether oxygens (including phenoxy) is 1. The molecule has 1 saturated heterocycles. The summed E-state index contributed by atoms with van der Waals surface area (Å²) in [5.74, 6) is -1.16. The highest BCUT2D eigenvalue weighted by atomic mass is 35.5. The zero-order valence-corrected chi connectivity index (χ0v) is 13.7. The monoisotopic (exact) mass is 370 g/mol. The van der Waals surface area contributed by atoms with Gasteiger partial charge in [-0.05, 0) is 11.6 Å². The predicted molar refractivity (Wildman–Crippen MR) is 87.0 cm³/mol. The van der Waals surface area contributed by atoms with Crippen LogP contribution in [0.3, 0.4) is 0 Å². The molecule has 0 unspecified atom stereocenters. The van der Waals surface area contributed by atoms with E-state index in [0.717, 1.165) is 10.8 Å². The van der Waals surface area contributed by atoms with Crippen LogP contribution in [0.4, 0.5) is 4.39 Å². The van der Waals surface area contributed by atoms with E-state index in [0.29, 0.717) is 10.6 Å². The highest BCUT2D eigenvalue weighted by Crippen LogP contribution is 2.38. The summed E-state index contributed by atoms with van der Waals surface area (Å²) in [5, 5.41) is 19.9. The third kappa shape index (κ3) is 3.25. The summed E-state index contributed by atoms with van der Waals surface area (Å²) in [7, 11) is 0. The van der Waals surface area contributed by atoms with E-state index in [4.69, 9.17) is 16.3 Å². The van der Waals surface area contributed by atoms with Gasteiger partial charge in [0.25, 0.3) is 5.56 Å². The molecule has 0 spiro atoms. The summed E-state index contributed by atoms with van der Waals surface area (Å²) >= 11 is 6.17. The minimum atomic E-state index is -1.50. The molecule has 1 aliphatic heterocycles. The molecule has 0 bridgehead atoms. The average molecular weight is 371 g/mol. The fraction of sp³-hybridized carbons (Fsp3) is 0.375. The lowest BCUT2D eigenvalue weighted by molar-refractivity contribution is -0.119. The summed E-state index contributed by atoms with van der Waals surface area (Å²) in [6.45, 7) is -0.480. The van der Waals surface area contributed by atoms with Gasteiger partial charge < -0.3 is 14.9 Å². The van der Waals surface area contributed by atoms with Gasteiger partial charge in [0.1, 0.15) is 6.10 Å². The van der Waals surface area contributed by atoms with Crippen LogP contribution < -0.4 is 11.2 Å². The van der Waals surface area contributed by atoms with Gasteiger partial charge in [-0.2, -0.15) is 4.39 Å². The van der Waals surface area contributed by atoms with Gasteiger partial charge in [0, 0.05) is 17.9 Å². The third-order valence-corrected chi connectivity index (χ3v) is 4.64. The van der Waals surface area contributed by atoms with Crippen molar-refractivity contribution in [2.75, 3.05) is 6.61 Å². The SMILES string of the molecule is O=c1[nH]c(=O)n([C@@]2(Cc3ccccc3Cl)C[C@H](O)[C@@H](CO)O2)cc1F. The van der Waals surface area contributed by atoms with Crippen LogP contribution in [0.25, 0.3) is 0 Å². The van der Waals surface area contributed by atoms with Gasteiger partial charge in [-0.1, -0.05) is 29.8 Å². The summed E-state index contributed by atoms with van der Waals surface area (Å²) in [6, 6.07) is 6.82. The molecule has 0 amide bonds. The number of aliphatic hydroxyl groups is 2. The number of aromatic amines is 1. The summed E-state index contributed by atoms with van der Waals surface area (Å²) in [5.41, 5.74) is -2.93. The lowest BCUT2D eigenvalue weighted by Gasteiger charge is -2.31. The van der Waals surface area contributed by atoms with Crippen LogP contribution >= 0.6 is 11.6 Å². The van der Waals surface area contributed by atoms with E-state index in [9.17, 15) is 24.2 Å². The molecular weight excluding hydrogens is 355 g/mol. The lowest BCUT2D eigenvalue weighted by Crippen LogP contribution is -2.46. The second-order valence-corrected chi connectivity index (χ2v) is 6.34. The van der Waals surface area contributed by atoms with Gasteiger partial charge in [0.05, 0.1) is 18.9 Å². The van der Waals surface area contributed by atoms with Crippen molar-refractivity contribution in [2.24, 2.45) is 0 Å². The Morgan fingerprint density at radius 2 is 2.12 bits per heavy atom. The van der Waals surface area contributed by atoms with Gasteiger partial charge in [-0.15, -0.1) is 0 Å². The molecule has 3 atom stereocenters. The number of aliphatic hydroxyl groups excluding tert-OH is 2. The average Bonchev–Trinajstić information content (AvgIpc) is 2.89. The Bertz CT molecular complexity index is 899. The molecule has 3 N–H and O–H groups in total. The zero-order chi connectivity index (χ0) is 18.2. The molecule has 1 aliphatic rings. The molecule has 1 aromatic heterocycles. The number of nitrogens with one attached hydrogen (secondary N) is 1. The molecule has 1 fully saturated rings. The molecule has 1 aromatic carbocycles. The minimum Gasteiger partial charge on any atom is -0.394 e. The van der Waals surface area contributed by atoms with E-state index in [1.807, 2.05) is 4.98 Å². The van der Waals surface area contributed by atoms with Crippen LogP contribution in [0, 0.1) is 5.82 Å². The summed E-state index contributed by atoms with van der Waals surface area (Å²) in [6.07, 6.45) is -1.34. The number of hydrogen-bond acceptors (Lipinski definition) is 5. The van der Waals surface area contributed by atoms with Crippen LogP contribution in [-0.4, -0.2) is 38.6 Å². The molecule has 0 saturated carbocycles. The number of halogens is 2. The Balaban J connectivity index is 2.14. The Kier molecular flexibility index (Phi) is 4.79. The van der Waals surface area contributed by atoms with Crippen LogP contribution in [-0.2, 0) is 16.9 Å². The number of rotatable bonds is 4. The highest BCUT2D eigenvalue weighted by molar-refractivity contribution is 6.31. The molecular formula is C16H16ClFN2O5. The maximum absolute atomic E-state index is 13.8. The zero-order valence-electron chi connectivity index (χ0n) is 13.0. The Hall–Kier alpha value is -2.00. The first-order valence-electron chi connectivity index (χ1n) is 7.58. The molecule has 25 heavy (non-hydrogen) atoms. The lowest BCUT2D eigenvalue weighted by atomic mass is 9.97. The normalized spacial score (nSPS) is 26.1. The second kappa shape index (κ2) is 6.72. The van der Waals surface area contributed by atoms with E-state index in [2.05, 4.69) is 0 Å². The summed E-state index contributed by atoms with van der Waals surface area (Å²) < 4.78 is 20.4. The smallest absolute Gasteiger partial charge is 0.330 e.